The average molecular weight is 315 g/mol. The molecule has 1 atom stereocenters. The second-order valence-electron chi connectivity index (χ2n) is 5.44. The highest BCUT2D eigenvalue weighted by molar-refractivity contribution is 5.97. The number of nitrogen functional groups attached to an aromatic ring is 1. The molecule has 0 radical (unpaired) electrons. The zero-order chi connectivity index (χ0) is 16.4. The molecule has 8 nitrogen and oxygen atoms in total. The van der Waals surface area contributed by atoms with Crippen molar-refractivity contribution in [3.05, 3.63) is 56.9 Å². The van der Waals surface area contributed by atoms with Gasteiger partial charge >= 0.3 is 5.69 Å². The highest BCUT2D eigenvalue weighted by Crippen LogP contribution is 2.19. The Hall–Kier alpha value is -3.03. The molecule has 1 fully saturated rings. The van der Waals surface area contributed by atoms with Crippen molar-refractivity contribution in [2.75, 3.05) is 23.7 Å². The topological polar surface area (TPSA) is 124 Å². The summed E-state index contributed by atoms with van der Waals surface area (Å²) in [6, 6.07) is 9.81. The number of carbonyl (C=O) groups excluding carboxylic acids is 1. The van der Waals surface area contributed by atoms with E-state index in [4.69, 9.17) is 5.73 Å². The van der Waals surface area contributed by atoms with Crippen LogP contribution in [0.3, 0.4) is 0 Å². The Labute approximate surface area is 131 Å². The summed E-state index contributed by atoms with van der Waals surface area (Å²) in [4.78, 5) is 41.4. The first-order chi connectivity index (χ1) is 11.0. The maximum Gasteiger partial charge on any atom is 0.326 e. The lowest BCUT2D eigenvalue weighted by atomic mass is 10.2. The number of para-hydroxylation sites is 1. The molecule has 1 aromatic carbocycles. The van der Waals surface area contributed by atoms with Crippen molar-refractivity contribution in [1.82, 2.24) is 15.3 Å². The first-order valence-electron chi connectivity index (χ1n) is 7.27. The summed E-state index contributed by atoms with van der Waals surface area (Å²) < 4.78 is 0. The summed E-state index contributed by atoms with van der Waals surface area (Å²) in [7, 11) is 0. The van der Waals surface area contributed by atoms with Crippen molar-refractivity contribution < 1.29 is 4.79 Å². The van der Waals surface area contributed by atoms with Gasteiger partial charge in [-0.1, -0.05) is 18.2 Å². The van der Waals surface area contributed by atoms with E-state index in [2.05, 4.69) is 15.2 Å². The molecule has 1 aromatic heterocycles. The molecule has 0 aliphatic carbocycles. The third kappa shape index (κ3) is 3.10. The van der Waals surface area contributed by atoms with Gasteiger partial charge in [0.2, 0.25) is 0 Å². The molecule has 2 aromatic rings. The molecule has 23 heavy (non-hydrogen) atoms. The molecule has 1 aliphatic rings. The van der Waals surface area contributed by atoms with Crippen molar-refractivity contribution in [2.24, 2.45) is 0 Å². The summed E-state index contributed by atoms with van der Waals surface area (Å²) in [6.45, 7) is 1.47. The smallest absolute Gasteiger partial charge is 0.326 e. The van der Waals surface area contributed by atoms with Crippen LogP contribution in [0, 0.1) is 0 Å². The minimum atomic E-state index is -0.767. The number of benzene rings is 1. The SMILES string of the molecule is Nc1c(C(=O)N[C@H]2CCN(c3ccccc3)C2)[nH]c(=O)[nH]c1=O. The number of anilines is 2. The van der Waals surface area contributed by atoms with Gasteiger partial charge in [0.05, 0.1) is 0 Å². The van der Waals surface area contributed by atoms with Gasteiger partial charge in [-0.15, -0.1) is 0 Å². The normalized spacial score (nSPS) is 17.2. The molecular weight excluding hydrogens is 298 g/mol. The fourth-order valence-corrected chi connectivity index (χ4v) is 2.68. The maximum absolute atomic E-state index is 12.2. The van der Waals surface area contributed by atoms with Crippen molar-refractivity contribution in [1.29, 1.82) is 0 Å². The lowest BCUT2D eigenvalue weighted by Crippen LogP contribution is -2.40. The summed E-state index contributed by atoms with van der Waals surface area (Å²) in [5, 5.41) is 2.81. The molecule has 8 heteroatoms. The molecule has 0 saturated carbocycles. The van der Waals surface area contributed by atoms with E-state index in [0.717, 1.165) is 18.7 Å². The van der Waals surface area contributed by atoms with Crippen LogP contribution in [0.15, 0.2) is 39.9 Å². The Bertz CT molecular complexity index is 827. The molecule has 0 unspecified atom stereocenters. The van der Waals surface area contributed by atoms with Crippen LogP contribution in [-0.2, 0) is 0 Å². The van der Waals surface area contributed by atoms with Crippen LogP contribution in [0.5, 0.6) is 0 Å². The third-order valence-corrected chi connectivity index (χ3v) is 3.85. The minimum absolute atomic E-state index is 0.0788. The van der Waals surface area contributed by atoms with Gasteiger partial charge in [0.15, 0.2) is 0 Å². The molecule has 2 heterocycles. The largest absolute Gasteiger partial charge is 0.392 e. The summed E-state index contributed by atoms with van der Waals surface area (Å²) in [5.74, 6) is -0.550. The van der Waals surface area contributed by atoms with Gasteiger partial charge in [-0.25, -0.2) is 4.79 Å². The Morgan fingerprint density at radius 1 is 1.22 bits per heavy atom. The third-order valence-electron chi connectivity index (χ3n) is 3.85. The Kier molecular flexibility index (Phi) is 3.88. The molecule has 1 saturated heterocycles. The first kappa shape index (κ1) is 14.9. The standard InChI is InChI=1S/C15H17N5O3/c16-11-12(18-15(23)19-13(11)21)14(22)17-9-6-7-20(8-9)10-4-2-1-3-5-10/h1-5,9H,6-8,16H2,(H,17,22)(H2,18,19,21,23)/t9-/m0/s1. The van der Waals surface area contributed by atoms with E-state index in [-0.39, 0.29) is 17.4 Å². The average Bonchev–Trinajstić information content (AvgIpc) is 3.00. The number of nitrogens with two attached hydrogens (primary N) is 1. The number of rotatable bonds is 3. The fourth-order valence-electron chi connectivity index (χ4n) is 2.68. The molecule has 0 bridgehead atoms. The Morgan fingerprint density at radius 2 is 1.96 bits per heavy atom. The fraction of sp³-hybridized carbons (Fsp3) is 0.267. The van der Waals surface area contributed by atoms with Crippen LogP contribution >= 0.6 is 0 Å². The van der Waals surface area contributed by atoms with E-state index < -0.39 is 17.2 Å². The maximum atomic E-state index is 12.2. The predicted molar refractivity (Wildman–Crippen MR) is 86.6 cm³/mol. The molecule has 3 rings (SSSR count). The van der Waals surface area contributed by atoms with Crippen LogP contribution in [0.4, 0.5) is 11.4 Å². The predicted octanol–water partition coefficient (Wildman–Crippen LogP) is -0.346. The zero-order valence-corrected chi connectivity index (χ0v) is 12.3. The number of hydrogen-bond donors (Lipinski definition) is 4. The van der Waals surface area contributed by atoms with Crippen molar-refractivity contribution in [3.63, 3.8) is 0 Å². The van der Waals surface area contributed by atoms with Crippen LogP contribution in [0.1, 0.15) is 16.9 Å². The number of nitrogens with one attached hydrogen (secondary N) is 3. The van der Waals surface area contributed by atoms with E-state index in [1.54, 1.807) is 0 Å². The van der Waals surface area contributed by atoms with E-state index in [1.165, 1.54) is 0 Å². The van der Waals surface area contributed by atoms with E-state index >= 15 is 0 Å². The molecule has 1 aliphatic heterocycles. The summed E-state index contributed by atoms with van der Waals surface area (Å²) in [6.07, 6.45) is 0.772. The monoisotopic (exact) mass is 315 g/mol. The summed E-state index contributed by atoms with van der Waals surface area (Å²) >= 11 is 0. The van der Waals surface area contributed by atoms with Gasteiger partial charge in [-0.3, -0.25) is 14.6 Å². The molecule has 120 valence electrons. The minimum Gasteiger partial charge on any atom is -0.392 e. The zero-order valence-electron chi connectivity index (χ0n) is 12.3. The number of aromatic amines is 2. The lowest BCUT2D eigenvalue weighted by molar-refractivity contribution is 0.0935. The first-order valence-corrected chi connectivity index (χ1v) is 7.27. The van der Waals surface area contributed by atoms with Gasteiger partial charge in [0.1, 0.15) is 11.4 Å². The van der Waals surface area contributed by atoms with Crippen molar-refractivity contribution in [2.45, 2.75) is 12.5 Å². The molecule has 1 amide bonds. The van der Waals surface area contributed by atoms with Crippen LogP contribution in [0.25, 0.3) is 0 Å². The van der Waals surface area contributed by atoms with Gasteiger partial charge in [0, 0.05) is 24.8 Å². The quantitative estimate of drug-likeness (QED) is 0.616. The van der Waals surface area contributed by atoms with E-state index in [1.807, 2.05) is 35.3 Å². The van der Waals surface area contributed by atoms with Gasteiger partial charge in [0.25, 0.3) is 11.5 Å². The van der Waals surface area contributed by atoms with Gasteiger partial charge in [-0.2, -0.15) is 0 Å². The van der Waals surface area contributed by atoms with Gasteiger partial charge < -0.3 is 20.9 Å². The second-order valence-corrected chi connectivity index (χ2v) is 5.44. The highest BCUT2D eigenvalue weighted by Gasteiger charge is 2.25. The van der Waals surface area contributed by atoms with Crippen LogP contribution < -0.4 is 27.2 Å². The van der Waals surface area contributed by atoms with Crippen LogP contribution in [-0.4, -0.2) is 35.0 Å². The van der Waals surface area contributed by atoms with Crippen molar-refractivity contribution in [3.8, 4) is 0 Å². The number of nitrogens with zero attached hydrogens (tertiary/aromatic N) is 1. The van der Waals surface area contributed by atoms with Crippen LogP contribution in [0.2, 0.25) is 0 Å². The van der Waals surface area contributed by atoms with E-state index in [9.17, 15) is 14.4 Å². The highest BCUT2D eigenvalue weighted by atomic mass is 16.2. The number of hydrogen-bond acceptors (Lipinski definition) is 5. The molecule has 5 N–H and O–H groups in total. The van der Waals surface area contributed by atoms with E-state index in [0.29, 0.717) is 6.54 Å². The Morgan fingerprint density at radius 3 is 2.70 bits per heavy atom. The second kappa shape index (κ2) is 5.99. The van der Waals surface area contributed by atoms with Gasteiger partial charge in [-0.05, 0) is 18.6 Å². The number of amides is 1. The number of carbonyl (C=O) groups is 1. The lowest BCUT2D eigenvalue weighted by Gasteiger charge is -2.19. The van der Waals surface area contributed by atoms with Crippen molar-refractivity contribution >= 4 is 17.3 Å². The number of aromatic nitrogens is 2. The summed E-state index contributed by atoms with van der Waals surface area (Å²) in [5.41, 5.74) is 4.64. The Balaban J connectivity index is 1.70. The molecular formula is C15H17N5O3. The molecule has 0 spiro atoms. The number of H-pyrrole nitrogens is 2.